The summed E-state index contributed by atoms with van der Waals surface area (Å²) in [6.45, 7) is 2.32. The van der Waals surface area contributed by atoms with Gasteiger partial charge in [-0.2, -0.15) is 13.2 Å². The van der Waals surface area contributed by atoms with Crippen molar-refractivity contribution in [2.45, 2.75) is 32.0 Å². The van der Waals surface area contributed by atoms with E-state index in [1.165, 1.54) is 17.4 Å². The highest BCUT2D eigenvalue weighted by molar-refractivity contribution is 7.07. The summed E-state index contributed by atoms with van der Waals surface area (Å²) in [4.78, 5) is 22.7. The summed E-state index contributed by atoms with van der Waals surface area (Å²) in [5, 5.41) is 4.62. The van der Waals surface area contributed by atoms with Crippen LogP contribution in [0.25, 0.3) is 11.3 Å². The Hall–Kier alpha value is -3.14. The molecule has 0 spiro atoms. The van der Waals surface area contributed by atoms with Crippen LogP contribution in [-0.2, 0) is 17.5 Å². The molecule has 0 bridgehead atoms. The van der Waals surface area contributed by atoms with Crippen molar-refractivity contribution in [3.05, 3.63) is 64.6 Å². The number of carbonyl (C=O) groups is 1. The van der Waals surface area contributed by atoms with Gasteiger partial charge in [-0.15, -0.1) is 11.3 Å². The van der Waals surface area contributed by atoms with Crippen LogP contribution >= 0.6 is 11.3 Å². The maximum atomic E-state index is 13.1. The Bertz CT molecular complexity index is 1080. The van der Waals surface area contributed by atoms with Gasteiger partial charge in [-0.3, -0.25) is 0 Å². The molecular weight excluding hydrogens is 465 g/mol. The second-order valence-electron chi connectivity index (χ2n) is 8.16. The third kappa shape index (κ3) is 6.47. The zero-order valence-electron chi connectivity index (χ0n) is 18.4. The molecule has 180 valence electrons. The van der Waals surface area contributed by atoms with E-state index in [0.717, 1.165) is 56.0 Å². The van der Waals surface area contributed by atoms with Gasteiger partial charge in [-0.05, 0) is 49.4 Å². The Kier molecular flexibility index (Phi) is 7.66. The van der Waals surface area contributed by atoms with Crippen LogP contribution < -0.4 is 10.2 Å². The molecule has 2 aromatic heterocycles. The number of amides is 1. The first kappa shape index (κ1) is 24.0. The predicted molar refractivity (Wildman–Crippen MR) is 125 cm³/mol. The maximum absolute atomic E-state index is 13.1. The minimum Gasteiger partial charge on any atom is -0.443 e. The lowest BCUT2D eigenvalue weighted by Gasteiger charge is -2.33. The zero-order valence-corrected chi connectivity index (χ0v) is 19.2. The number of rotatable bonds is 7. The number of hydrogen-bond acceptors (Lipinski definition) is 6. The fourth-order valence-electron chi connectivity index (χ4n) is 3.94. The zero-order chi connectivity index (χ0) is 24.0. The summed E-state index contributed by atoms with van der Waals surface area (Å²) in [6, 6.07) is 10.7. The first-order chi connectivity index (χ1) is 16.4. The average molecular weight is 491 g/mol. The third-order valence-corrected chi connectivity index (χ3v) is 6.45. The monoisotopic (exact) mass is 490 g/mol. The number of alkyl halides is 3. The van der Waals surface area contributed by atoms with E-state index < -0.39 is 17.8 Å². The van der Waals surface area contributed by atoms with E-state index in [4.69, 9.17) is 4.74 Å². The molecule has 6 nitrogen and oxygen atoms in total. The molecule has 1 aliphatic heterocycles. The van der Waals surface area contributed by atoms with E-state index in [2.05, 4.69) is 20.2 Å². The average Bonchev–Trinajstić information content (AvgIpc) is 3.37. The summed E-state index contributed by atoms with van der Waals surface area (Å²) in [7, 11) is 0. The van der Waals surface area contributed by atoms with Crippen LogP contribution in [0.1, 0.15) is 30.5 Å². The van der Waals surface area contributed by atoms with Crippen molar-refractivity contribution < 1.29 is 22.7 Å². The molecule has 1 fully saturated rings. The third-order valence-electron chi connectivity index (χ3n) is 5.82. The largest absolute Gasteiger partial charge is 0.443 e. The van der Waals surface area contributed by atoms with Crippen molar-refractivity contribution in [1.82, 2.24) is 15.3 Å². The van der Waals surface area contributed by atoms with E-state index in [1.54, 1.807) is 17.6 Å². The van der Waals surface area contributed by atoms with Gasteiger partial charge >= 0.3 is 12.3 Å². The molecule has 10 heteroatoms. The fraction of sp³-hybridized carbons (Fsp3) is 0.375. The Labute approximate surface area is 199 Å². The van der Waals surface area contributed by atoms with Gasteiger partial charge in [0.15, 0.2) is 0 Å². The number of nitrogens with zero attached hydrogens (tertiary/aromatic N) is 3. The number of hydrogen-bond donors (Lipinski definition) is 1. The van der Waals surface area contributed by atoms with Gasteiger partial charge in [0.1, 0.15) is 12.4 Å². The van der Waals surface area contributed by atoms with Gasteiger partial charge in [0.25, 0.3) is 0 Å². The molecule has 4 rings (SSSR count). The van der Waals surface area contributed by atoms with E-state index in [9.17, 15) is 18.0 Å². The number of piperidine rings is 1. The van der Waals surface area contributed by atoms with Crippen LogP contribution in [0.15, 0.2) is 53.4 Å². The lowest BCUT2D eigenvalue weighted by molar-refractivity contribution is -0.137. The molecule has 1 N–H and O–H groups in total. The Morgan fingerprint density at radius 3 is 2.71 bits per heavy atom. The highest BCUT2D eigenvalue weighted by Gasteiger charge is 2.30. The molecule has 34 heavy (non-hydrogen) atoms. The van der Waals surface area contributed by atoms with E-state index >= 15 is 0 Å². The van der Waals surface area contributed by atoms with Gasteiger partial charge in [0.05, 0.1) is 22.5 Å². The molecule has 3 heterocycles. The molecular formula is C24H25F3N4O2S. The number of thiazole rings is 1. The van der Waals surface area contributed by atoms with Gasteiger partial charge in [0.2, 0.25) is 0 Å². The quantitative estimate of drug-likeness (QED) is 0.456. The second-order valence-corrected chi connectivity index (χ2v) is 8.88. The standard InChI is InChI=1S/C24H25F3N4O2S/c25-24(26,27)19-4-1-3-18(13-19)21-5-2-6-22(30-21)31-11-8-17(9-12-31)7-10-28-23(32)33-14-20-15-34-16-29-20/h1-6,13,15-17H,7-12,14H2,(H,28,32). The number of nitrogens with one attached hydrogen (secondary N) is 1. The minimum atomic E-state index is -4.39. The lowest BCUT2D eigenvalue weighted by Crippen LogP contribution is -2.35. The Balaban J connectivity index is 1.25. The van der Waals surface area contributed by atoms with E-state index in [0.29, 0.717) is 23.7 Å². The molecule has 0 unspecified atom stereocenters. The van der Waals surface area contributed by atoms with Crippen molar-refractivity contribution in [1.29, 1.82) is 0 Å². The van der Waals surface area contributed by atoms with Gasteiger partial charge < -0.3 is 15.0 Å². The number of aromatic nitrogens is 2. The molecule has 1 amide bonds. The van der Waals surface area contributed by atoms with Crippen molar-refractivity contribution in [3.63, 3.8) is 0 Å². The fourth-order valence-corrected chi connectivity index (χ4v) is 4.49. The summed E-state index contributed by atoms with van der Waals surface area (Å²) in [5.74, 6) is 1.24. The Morgan fingerprint density at radius 2 is 1.97 bits per heavy atom. The number of pyridine rings is 1. The first-order valence-corrected chi connectivity index (χ1v) is 12.0. The van der Waals surface area contributed by atoms with E-state index in [-0.39, 0.29) is 6.61 Å². The van der Waals surface area contributed by atoms with E-state index in [1.807, 2.05) is 17.5 Å². The first-order valence-electron chi connectivity index (χ1n) is 11.1. The molecule has 0 saturated carbocycles. The molecule has 0 atom stereocenters. The van der Waals surface area contributed by atoms with Crippen LogP contribution in [0.4, 0.5) is 23.8 Å². The maximum Gasteiger partial charge on any atom is 0.416 e. The highest BCUT2D eigenvalue weighted by Crippen LogP contribution is 2.32. The number of ether oxygens (including phenoxy) is 1. The molecule has 3 aromatic rings. The van der Waals surface area contributed by atoms with Crippen LogP contribution in [0, 0.1) is 5.92 Å². The topological polar surface area (TPSA) is 67.4 Å². The van der Waals surface area contributed by atoms with Crippen molar-refractivity contribution in [2.75, 3.05) is 24.5 Å². The van der Waals surface area contributed by atoms with Gasteiger partial charge in [0, 0.05) is 30.6 Å². The summed E-state index contributed by atoms with van der Waals surface area (Å²) < 4.78 is 44.3. The van der Waals surface area contributed by atoms with Crippen molar-refractivity contribution in [2.24, 2.45) is 5.92 Å². The number of halogens is 3. The summed E-state index contributed by atoms with van der Waals surface area (Å²) >= 11 is 1.46. The highest BCUT2D eigenvalue weighted by atomic mass is 32.1. The van der Waals surface area contributed by atoms with Crippen LogP contribution in [0.2, 0.25) is 0 Å². The molecule has 1 aliphatic rings. The summed E-state index contributed by atoms with van der Waals surface area (Å²) in [6.07, 6.45) is -2.07. The number of alkyl carbamates (subject to hydrolysis) is 1. The Morgan fingerprint density at radius 1 is 1.18 bits per heavy atom. The number of carbonyl (C=O) groups excluding carboxylic acids is 1. The molecule has 1 aromatic carbocycles. The van der Waals surface area contributed by atoms with Gasteiger partial charge in [-0.25, -0.2) is 14.8 Å². The number of anilines is 1. The number of benzene rings is 1. The minimum absolute atomic E-state index is 0.167. The SMILES string of the molecule is O=C(NCCC1CCN(c2cccc(-c3cccc(C(F)(F)F)c3)n2)CC1)OCc1cscn1. The van der Waals surface area contributed by atoms with Crippen molar-refractivity contribution >= 4 is 23.2 Å². The van der Waals surface area contributed by atoms with Crippen LogP contribution in [0.3, 0.4) is 0 Å². The molecule has 1 saturated heterocycles. The van der Waals surface area contributed by atoms with Gasteiger partial charge in [-0.1, -0.05) is 18.2 Å². The molecule has 0 aliphatic carbocycles. The summed E-state index contributed by atoms with van der Waals surface area (Å²) in [5.41, 5.74) is 2.71. The molecule has 0 radical (unpaired) electrons. The predicted octanol–water partition coefficient (Wildman–Crippen LogP) is 5.76. The lowest BCUT2D eigenvalue weighted by atomic mass is 9.93. The van der Waals surface area contributed by atoms with Crippen molar-refractivity contribution in [3.8, 4) is 11.3 Å². The smallest absolute Gasteiger partial charge is 0.416 e. The van der Waals surface area contributed by atoms with Crippen LogP contribution in [-0.4, -0.2) is 35.7 Å². The second kappa shape index (κ2) is 10.9. The normalized spacial score (nSPS) is 14.7. The van der Waals surface area contributed by atoms with Crippen LogP contribution in [0.5, 0.6) is 0 Å².